The molecule has 34 heavy (non-hydrogen) atoms. The molecule has 1 amide bonds. The molecule has 0 radical (unpaired) electrons. The Balaban J connectivity index is 1.33. The highest BCUT2D eigenvalue weighted by Crippen LogP contribution is 2.33. The Labute approximate surface area is 205 Å². The number of nitrogens with one attached hydrogen (secondary N) is 3. The van der Waals surface area contributed by atoms with Crippen molar-refractivity contribution in [1.82, 2.24) is 25.6 Å². The summed E-state index contributed by atoms with van der Waals surface area (Å²) < 4.78 is 0.685. The molecule has 3 aromatic rings. The smallest absolute Gasteiger partial charge is 0.337 e. The first-order valence-electron chi connectivity index (χ1n) is 11.6. The number of aromatic nitrogens is 3. The molecule has 1 aliphatic carbocycles. The molecule has 0 spiro atoms. The minimum Gasteiger partial charge on any atom is -0.478 e. The molecule has 4 N–H and O–H groups in total. The molecular formula is C23H27ClN6O3S. The molecule has 1 saturated heterocycles. The molecule has 5 rings (SSSR count). The van der Waals surface area contributed by atoms with Crippen LogP contribution in [-0.4, -0.2) is 63.7 Å². The van der Waals surface area contributed by atoms with Crippen LogP contribution in [0.15, 0.2) is 18.2 Å². The van der Waals surface area contributed by atoms with E-state index in [-0.39, 0.29) is 29.4 Å². The number of carboxylic acids is 1. The van der Waals surface area contributed by atoms with Crippen molar-refractivity contribution in [2.75, 3.05) is 24.5 Å². The largest absolute Gasteiger partial charge is 0.478 e. The van der Waals surface area contributed by atoms with Gasteiger partial charge in [-0.25, -0.2) is 14.8 Å². The molecule has 1 aliphatic heterocycles. The summed E-state index contributed by atoms with van der Waals surface area (Å²) in [6.45, 7) is 4.24. The van der Waals surface area contributed by atoms with Gasteiger partial charge >= 0.3 is 5.97 Å². The van der Waals surface area contributed by atoms with Gasteiger partial charge in [-0.2, -0.15) is 0 Å². The average Bonchev–Trinajstić information content (AvgIpc) is 3.42. The van der Waals surface area contributed by atoms with Crippen LogP contribution in [0.4, 0.5) is 5.13 Å². The highest BCUT2D eigenvalue weighted by Gasteiger charge is 2.34. The summed E-state index contributed by atoms with van der Waals surface area (Å²) >= 11 is 7.52. The second-order valence-corrected chi connectivity index (χ2v) is 10.3. The summed E-state index contributed by atoms with van der Waals surface area (Å²) in [5.74, 6) is -0.277. The van der Waals surface area contributed by atoms with Crippen LogP contribution in [0.3, 0.4) is 0 Å². The normalized spacial score (nSPS) is 20.6. The number of halogens is 1. The molecular weight excluding hydrogens is 476 g/mol. The summed E-state index contributed by atoms with van der Waals surface area (Å²) in [6.07, 6.45) is 3.88. The third-order valence-corrected chi connectivity index (χ3v) is 7.97. The van der Waals surface area contributed by atoms with Gasteiger partial charge in [0.2, 0.25) is 0 Å². The number of thiazole rings is 1. The summed E-state index contributed by atoms with van der Waals surface area (Å²) in [4.78, 5) is 38.6. The van der Waals surface area contributed by atoms with E-state index in [9.17, 15) is 14.7 Å². The molecule has 2 atom stereocenters. The van der Waals surface area contributed by atoms with Crippen molar-refractivity contribution in [2.45, 2.75) is 44.7 Å². The molecule has 2 aliphatic rings. The zero-order valence-electron chi connectivity index (χ0n) is 18.8. The van der Waals surface area contributed by atoms with Gasteiger partial charge in [0.05, 0.1) is 21.5 Å². The quantitative estimate of drug-likeness (QED) is 0.372. The van der Waals surface area contributed by atoms with Gasteiger partial charge in [-0.05, 0) is 50.3 Å². The monoisotopic (exact) mass is 502 g/mol. The maximum absolute atomic E-state index is 12.9. The number of carbonyl (C=O) groups is 2. The van der Waals surface area contributed by atoms with Crippen LogP contribution >= 0.6 is 22.9 Å². The summed E-state index contributed by atoms with van der Waals surface area (Å²) in [5, 5.41) is 17.4. The van der Waals surface area contributed by atoms with Crippen molar-refractivity contribution in [3.05, 3.63) is 40.4 Å². The lowest BCUT2D eigenvalue weighted by atomic mass is 9.99. The number of amides is 1. The van der Waals surface area contributed by atoms with Gasteiger partial charge in [0, 0.05) is 25.2 Å². The van der Waals surface area contributed by atoms with Crippen molar-refractivity contribution in [3.8, 4) is 0 Å². The van der Waals surface area contributed by atoms with Crippen LogP contribution in [-0.2, 0) is 6.42 Å². The molecule has 11 heteroatoms. The van der Waals surface area contributed by atoms with E-state index in [0.717, 1.165) is 23.8 Å². The van der Waals surface area contributed by atoms with Crippen molar-refractivity contribution in [2.24, 2.45) is 5.92 Å². The Kier molecular flexibility index (Phi) is 6.46. The van der Waals surface area contributed by atoms with Crippen LogP contribution in [0.1, 0.15) is 52.9 Å². The first-order valence-corrected chi connectivity index (χ1v) is 12.8. The first kappa shape index (κ1) is 23.1. The molecule has 1 aromatic carbocycles. The zero-order chi connectivity index (χ0) is 23.8. The van der Waals surface area contributed by atoms with E-state index in [1.54, 1.807) is 12.1 Å². The number of hydrogen-bond acceptors (Lipinski definition) is 7. The second kappa shape index (κ2) is 9.52. The highest BCUT2D eigenvalue weighted by molar-refractivity contribution is 7.22. The lowest BCUT2D eigenvalue weighted by Crippen LogP contribution is -2.60. The van der Waals surface area contributed by atoms with Crippen LogP contribution < -0.4 is 15.5 Å². The Hall–Kier alpha value is -2.69. The third kappa shape index (κ3) is 4.75. The van der Waals surface area contributed by atoms with Gasteiger partial charge in [0.15, 0.2) is 16.1 Å². The minimum atomic E-state index is -0.949. The van der Waals surface area contributed by atoms with Gasteiger partial charge < -0.3 is 25.6 Å². The number of H-pyrrole nitrogens is 1. The Morgan fingerprint density at radius 1 is 1.26 bits per heavy atom. The predicted molar refractivity (Wildman–Crippen MR) is 132 cm³/mol. The molecule has 0 bridgehead atoms. The Morgan fingerprint density at radius 3 is 2.79 bits per heavy atom. The number of carboxylic acid groups (broad SMARTS) is 1. The van der Waals surface area contributed by atoms with E-state index >= 15 is 0 Å². The molecule has 2 fully saturated rings. The Morgan fingerprint density at radius 2 is 2.09 bits per heavy atom. The second-order valence-electron chi connectivity index (χ2n) is 8.94. The van der Waals surface area contributed by atoms with Crippen LogP contribution in [0, 0.1) is 5.92 Å². The van der Waals surface area contributed by atoms with Crippen LogP contribution in [0.25, 0.3) is 10.2 Å². The SMILES string of the molecule is CCc1[nH]c(C(=O)NC2CCN(c3nc4cccc(C(=O)O)c4s3)CC2NCC2CC2)nc1Cl. The highest BCUT2D eigenvalue weighted by atomic mass is 35.5. The lowest BCUT2D eigenvalue weighted by Gasteiger charge is -2.39. The number of aromatic carboxylic acids is 1. The lowest BCUT2D eigenvalue weighted by molar-refractivity contribution is 0.0699. The van der Waals surface area contributed by atoms with E-state index in [4.69, 9.17) is 16.6 Å². The summed E-state index contributed by atoms with van der Waals surface area (Å²) in [6, 6.07) is 5.14. The Bertz CT molecular complexity index is 1220. The molecule has 180 valence electrons. The number of carbonyl (C=O) groups excluding carboxylic acids is 1. The minimum absolute atomic E-state index is 0.0281. The van der Waals surface area contributed by atoms with Crippen molar-refractivity contribution in [3.63, 3.8) is 0 Å². The number of aromatic amines is 1. The van der Waals surface area contributed by atoms with Gasteiger partial charge in [0.25, 0.3) is 5.91 Å². The maximum Gasteiger partial charge on any atom is 0.337 e. The number of rotatable bonds is 8. The van der Waals surface area contributed by atoms with Gasteiger partial charge in [-0.3, -0.25) is 4.79 Å². The zero-order valence-corrected chi connectivity index (χ0v) is 20.4. The third-order valence-electron chi connectivity index (χ3n) is 6.50. The summed E-state index contributed by atoms with van der Waals surface area (Å²) in [7, 11) is 0. The topological polar surface area (TPSA) is 123 Å². The van der Waals surface area contributed by atoms with E-state index in [0.29, 0.717) is 40.8 Å². The number of anilines is 1. The number of piperidine rings is 1. The number of fused-ring (bicyclic) bond motifs is 1. The van der Waals surface area contributed by atoms with Crippen molar-refractivity contribution in [1.29, 1.82) is 0 Å². The van der Waals surface area contributed by atoms with E-state index in [2.05, 4.69) is 25.5 Å². The number of aryl methyl sites for hydroxylation is 1. The maximum atomic E-state index is 12.9. The fraction of sp³-hybridized carbons (Fsp3) is 0.478. The fourth-order valence-corrected chi connectivity index (χ4v) is 5.72. The number of hydrogen-bond donors (Lipinski definition) is 4. The summed E-state index contributed by atoms with van der Waals surface area (Å²) in [5.41, 5.74) is 1.72. The number of imidazole rings is 1. The van der Waals surface area contributed by atoms with Crippen LogP contribution in [0.2, 0.25) is 5.15 Å². The van der Waals surface area contributed by atoms with Crippen LogP contribution in [0.5, 0.6) is 0 Å². The van der Waals surface area contributed by atoms with Crippen molar-refractivity contribution >= 4 is 50.2 Å². The van der Waals surface area contributed by atoms with E-state index in [1.807, 2.05) is 13.0 Å². The van der Waals surface area contributed by atoms with Crippen molar-refractivity contribution < 1.29 is 14.7 Å². The van der Waals surface area contributed by atoms with Gasteiger partial charge in [-0.1, -0.05) is 35.9 Å². The number of nitrogens with zero attached hydrogens (tertiary/aromatic N) is 3. The average molecular weight is 503 g/mol. The molecule has 1 saturated carbocycles. The molecule has 2 unspecified atom stereocenters. The van der Waals surface area contributed by atoms with E-state index in [1.165, 1.54) is 24.2 Å². The molecule has 3 heterocycles. The van der Waals surface area contributed by atoms with Gasteiger partial charge in [-0.15, -0.1) is 0 Å². The number of benzene rings is 1. The fourth-order valence-electron chi connectivity index (χ4n) is 4.35. The first-order chi connectivity index (χ1) is 16.4. The standard InChI is InChI=1S/C23H27ClN6O3S/c1-2-14-19(24)29-20(26-14)21(31)27-15-8-9-30(11-17(15)25-10-12-6-7-12)23-28-16-5-3-4-13(22(32)33)18(16)34-23/h3-5,12,15,17,25H,2,6-11H2,1H3,(H,26,29)(H,27,31)(H,32,33). The molecule has 2 aromatic heterocycles. The molecule has 9 nitrogen and oxygen atoms in total. The van der Waals surface area contributed by atoms with Gasteiger partial charge in [0.1, 0.15) is 0 Å². The van der Waals surface area contributed by atoms with E-state index < -0.39 is 5.97 Å². The predicted octanol–water partition coefficient (Wildman–Crippen LogP) is 3.31.